The summed E-state index contributed by atoms with van der Waals surface area (Å²) >= 11 is 6.99. The molecule has 2 aromatic rings. The third-order valence-electron chi connectivity index (χ3n) is 4.49. The highest BCUT2D eigenvalue weighted by Gasteiger charge is 2.29. The second-order valence-electron chi connectivity index (χ2n) is 6.84. The zero-order valence-electron chi connectivity index (χ0n) is 15.9. The first-order valence-electron chi connectivity index (χ1n) is 9.09. The highest BCUT2D eigenvalue weighted by Crippen LogP contribution is 2.24. The van der Waals surface area contributed by atoms with Crippen LogP contribution < -0.4 is 4.74 Å². The van der Waals surface area contributed by atoms with Crippen molar-refractivity contribution in [1.82, 2.24) is 15.1 Å². The van der Waals surface area contributed by atoms with Gasteiger partial charge in [0.15, 0.2) is 9.84 Å². The Labute approximate surface area is 178 Å². The molecule has 0 spiro atoms. The van der Waals surface area contributed by atoms with Gasteiger partial charge in [-0.3, -0.25) is 4.79 Å². The Kier molecular flexibility index (Phi) is 7.42. The van der Waals surface area contributed by atoms with E-state index in [1.165, 1.54) is 0 Å². The maximum Gasteiger partial charge on any atom is 0.277 e. The number of likely N-dealkylation sites (N-methyl/N-ethyl adjacent to an activating group) is 1. The van der Waals surface area contributed by atoms with Gasteiger partial charge in [-0.15, -0.1) is 10.2 Å². The van der Waals surface area contributed by atoms with Crippen molar-refractivity contribution in [1.29, 1.82) is 0 Å². The first kappa shape index (κ1) is 21.9. The summed E-state index contributed by atoms with van der Waals surface area (Å²) in [5, 5.41) is 8.82. The average molecular weight is 460 g/mol. The summed E-state index contributed by atoms with van der Waals surface area (Å²) in [4.78, 5) is 13.8. The number of rotatable bonds is 9. The summed E-state index contributed by atoms with van der Waals surface area (Å²) in [6, 6.07) is 7.03. The molecule has 2 heterocycles. The summed E-state index contributed by atoms with van der Waals surface area (Å²) in [6.45, 7) is 0.802. The molecule has 1 aliphatic rings. The fourth-order valence-corrected chi connectivity index (χ4v) is 5.56. The molecule has 11 heteroatoms. The molecular weight excluding hydrogens is 438 g/mol. The second kappa shape index (κ2) is 9.82. The minimum Gasteiger partial charge on any atom is -0.492 e. The number of benzene rings is 1. The van der Waals surface area contributed by atoms with Gasteiger partial charge in [-0.05, 0) is 36.6 Å². The van der Waals surface area contributed by atoms with E-state index in [2.05, 4.69) is 10.2 Å². The van der Waals surface area contributed by atoms with Crippen molar-refractivity contribution >= 4 is 39.1 Å². The fraction of sp³-hybridized carbons (Fsp3) is 0.500. The van der Waals surface area contributed by atoms with E-state index in [0.29, 0.717) is 47.9 Å². The van der Waals surface area contributed by atoms with E-state index in [1.807, 2.05) is 0 Å². The van der Waals surface area contributed by atoms with Gasteiger partial charge < -0.3 is 14.1 Å². The molecule has 1 unspecified atom stereocenters. The predicted molar refractivity (Wildman–Crippen MR) is 110 cm³/mol. The number of hydrogen-bond acceptors (Lipinski definition) is 8. The zero-order valence-corrected chi connectivity index (χ0v) is 18.3. The average Bonchev–Trinajstić information content (AvgIpc) is 3.27. The van der Waals surface area contributed by atoms with Gasteiger partial charge in [0.2, 0.25) is 11.8 Å². The minimum absolute atomic E-state index is 0.0201. The summed E-state index contributed by atoms with van der Waals surface area (Å²) < 4.78 is 34.2. The number of carbonyl (C=O) groups is 1. The van der Waals surface area contributed by atoms with Crippen molar-refractivity contribution in [2.24, 2.45) is 5.92 Å². The molecule has 1 saturated heterocycles. The largest absolute Gasteiger partial charge is 0.492 e. The van der Waals surface area contributed by atoms with Crippen LogP contribution in [0.2, 0.25) is 5.02 Å². The molecule has 0 radical (unpaired) electrons. The second-order valence-corrected chi connectivity index (χ2v) is 10.4. The zero-order chi connectivity index (χ0) is 20.9. The van der Waals surface area contributed by atoms with Gasteiger partial charge in [0.05, 0.1) is 23.8 Å². The summed E-state index contributed by atoms with van der Waals surface area (Å²) in [7, 11) is -1.23. The van der Waals surface area contributed by atoms with Crippen LogP contribution in [0.25, 0.3) is 0 Å². The molecule has 1 aromatic carbocycles. The van der Waals surface area contributed by atoms with Crippen LogP contribution in [0.3, 0.4) is 0 Å². The van der Waals surface area contributed by atoms with Gasteiger partial charge in [-0.2, -0.15) is 0 Å². The van der Waals surface area contributed by atoms with Crippen LogP contribution in [0.5, 0.6) is 5.75 Å². The standard InChI is InChI=1S/C18H22ClN3O5S2/c1-22(7-8-26-15-4-2-14(19)3-5-15)17(23)11-28-18-21-20-16(27-18)10-13-6-9-29(24,25)12-13/h2-5,13H,6-12H2,1H3. The van der Waals surface area contributed by atoms with Gasteiger partial charge in [-0.1, -0.05) is 23.4 Å². The molecule has 3 rings (SSSR count). The summed E-state index contributed by atoms with van der Waals surface area (Å²) in [6.07, 6.45) is 1.07. The molecule has 1 aliphatic heterocycles. The van der Waals surface area contributed by atoms with Crippen molar-refractivity contribution in [3.05, 3.63) is 35.2 Å². The molecule has 0 bridgehead atoms. The monoisotopic (exact) mass is 459 g/mol. The first-order valence-corrected chi connectivity index (χ1v) is 12.3. The SMILES string of the molecule is CN(CCOc1ccc(Cl)cc1)C(=O)CSc1nnc(CC2CCS(=O)(=O)C2)o1. The number of aromatic nitrogens is 2. The third-order valence-corrected chi connectivity index (χ3v) is 7.38. The van der Waals surface area contributed by atoms with Crippen molar-refractivity contribution in [2.75, 3.05) is 37.5 Å². The lowest BCUT2D eigenvalue weighted by atomic mass is 10.1. The van der Waals surface area contributed by atoms with Gasteiger partial charge in [0.25, 0.3) is 5.22 Å². The minimum atomic E-state index is -2.93. The van der Waals surface area contributed by atoms with Gasteiger partial charge in [0.1, 0.15) is 12.4 Å². The van der Waals surface area contributed by atoms with Gasteiger partial charge >= 0.3 is 0 Å². The van der Waals surface area contributed by atoms with Crippen LogP contribution in [-0.4, -0.2) is 66.9 Å². The number of carbonyl (C=O) groups excluding carboxylic acids is 1. The quantitative estimate of drug-likeness (QED) is 0.526. The van der Waals surface area contributed by atoms with E-state index in [9.17, 15) is 13.2 Å². The van der Waals surface area contributed by atoms with Crippen molar-refractivity contribution in [3.63, 3.8) is 0 Å². The Balaban J connectivity index is 1.37. The molecule has 1 aromatic heterocycles. The van der Waals surface area contributed by atoms with E-state index >= 15 is 0 Å². The molecule has 0 N–H and O–H groups in total. The van der Waals surface area contributed by atoms with E-state index < -0.39 is 9.84 Å². The number of ether oxygens (including phenoxy) is 1. The highest BCUT2D eigenvalue weighted by atomic mass is 35.5. The molecule has 1 atom stereocenters. The van der Waals surface area contributed by atoms with Crippen molar-refractivity contribution in [2.45, 2.75) is 18.1 Å². The van der Waals surface area contributed by atoms with Crippen LogP contribution in [0.1, 0.15) is 12.3 Å². The predicted octanol–water partition coefficient (Wildman–Crippen LogP) is 2.33. The third kappa shape index (κ3) is 6.90. The van der Waals surface area contributed by atoms with Gasteiger partial charge in [0, 0.05) is 18.5 Å². The van der Waals surface area contributed by atoms with Crippen LogP contribution in [-0.2, 0) is 21.1 Å². The summed E-state index contributed by atoms with van der Waals surface area (Å²) in [5.41, 5.74) is 0. The smallest absolute Gasteiger partial charge is 0.277 e. The van der Waals surface area contributed by atoms with Crippen LogP contribution in [0.4, 0.5) is 0 Å². The topological polar surface area (TPSA) is 103 Å². The number of sulfone groups is 1. The number of thioether (sulfide) groups is 1. The lowest BCUT2D eigenvalue weighted by Crippen LogP contribution is -2.32. The fourth-order valence-electron chi connectivity index (χ4n) is 2.85. The lowest BCUT2D eigenvalue weighted by Gasteiger charge is -2.16. The Bertz CT molecular complexity index is 933. The van der Waals surface area contributed by atoms with Crippen molar-refractivity contribution < 1.29 is 22.4 Å². The lowest BCUT2D eigenvalue weighted by molar-refractivity contribution is -0.127. The Morgan fingerprint density at radius 3 is 2.79 bits per heavy atom. The molecule has 29 heavy (non-hydrogen) atoms. The molecular formula is C18H22ClN3O5S2. The van der Waals surface area contributed by atoms with Crippen LogP contribution in [0.15, 0.2) is 33.9 Å². The number of halogens is 1. The van der Waals surface area contributed by atoms with Crippen molar-refractivity contribution in [3.8, 4) is 5.75 Å². The van der Waals surface area contributed by atoms with Crippen LogP contribution in [0, 0.1) is 5.92 Å². The van der Waals surface area contributed by atoms with Gasteiger partial charge in [-0.25, -0.2) is 8.42 Å². The molecule has 1 fully saturated rings. The van der Waals surface area contributed by atoms with E-state index in [-0.39, 0.29) is 29.1 Å². The number of nitrogens with zero attached hydrogens (tertiary/aromatic N) is 3. The Hall–Kier alpha value is -1.78. The maximum absolute atomic E-state index is 12.2. The molecule has 0 saturated carbocycles. The van der Waals surface area contributed by atoms with E-state index in [1.54, 1.807) is 36.2 Å². The molecule has 158 valence electrons. The van der Waals surface area contributed by atoms with E-state index in [4.69, 9.17) is 20.8 Å². The maximum atomic E-state index is 12.2. The molecule has 0 aliphatic carbocycles. The Morgan fingerprint density at radius 2 is 2.10 bits per heavy atom. The number of amides is 1. The highest BCUT2D eigenvalue weighted by molar-refractivity contribution is 7.99. The molecule has 8 nitrogen and oxygen atoms in total. The van der Waals surface area contributed by atoms with Crippen LogP contribution >= 0.6 is 23.4 Å². The molecule has 1 amide bonds. The normalized spacial score (nSPS) is 17.9. The number of hydrogen-bond donors (Lipinski definition) is 0. The Morgan fingerprint density at radius 1 is 1.34 bits per heavy atom. The summed E-state index contributed by atoms with van der Waals surface area (Å²) in [5.74, 6) is 1.58. The first-order chi connectivity index (χ1) is 13.8. The van der Waals surface area contributed by atoms with E-state index in [0.717, 1.165) is 11.8 Å².